The molecule has 0 aliphatic heterocycles. The molecule has 51 heavy (non-hydrogen) atoms. The van der Waals surface area contributed by atoms with Crippen LogP contribution < -0.4 is 0 Å². The Bertz CT molecular complexity index is 659. The molecule has 0 atom stereocenters. The molecule has 0 aromatic rings. The lowest BCUT2D eigenvalue weighted by atomic mass is 10.0. The first kappa shape index (κ1) is 50.2. The van der Waals surface area contributed by atoms with Gasteiger partial charge in [-0.1, -0.05) is 237 Å². The second-order valence-corrected chi connectivity index (χ2v) is 16.2. The van der Waals surface area contributed by atoms with E-state index in [2.05, 4.69) is 19.1 Å². The number of esters is 1. The summed E-state index contributed by atoms with van der Waals surface area (Å²) in [5, 5.41) is 8.81. The zero-order chi connectivity index (χ0) is 36.8. The summed E-state index contributed by atoms with van der Waals surface area (Å²) in [4.78, 5) is 12.0. The molecule has 0 unspecified atom stereocenters. The van der Waals surface area contributed by atoms with Gasteiger partial charge < -0.3 is 9.84 Å². The quantitative estimate of drug-likeness (QED) is 0.0387. The largest absolute Gasteiger partial charge is 0.466 e. The van der Waals surface area contributed by atoms with Crippen molar-refractivity contribution in [3.8, 4) is 0 Å². The van der Waals surface area contributed by atoms with Crippen LogP contribution in [0.3, 0.4) is 0 Å². The van der Waals surface area contributed by atoms with E-state index in [0.29, 0.717) is 19.6 Å². The fourth-order valence-corrected chi connectivity index (χ4v) is 7.41. The molecule has 0 heterocycles. The maximum absolute atomic E-state index is 12.0. The van der Waals surface area contributed by atoms with Gasteiger partial charge in [-0.25, -0.2) is 0 Å². The summed E-state index contributed by atoms with van der Waals surface area (Å²) in [6, 6.07) is 0. The highest BCUT2D eigenvalue weighted by atomic mass is 16.5. The predicted octanol–water partition coefficient (Wildman–Crippen LogP) is 16.5. The van der Waals surface area contributed by atoms with Crippen molar-refractivity contribution in [2.45, 2.75) is 277 Å². The van der Waals surface area contributed by atoms with Gasteiger partial charge in [-0.2, -0.15) is 0 Å². The predicted molar refractivity (Wildman–Crippen MR) is 227 cm³/mol. The van der Waals surface area contributed by atoms with Crippen LogP contribution in [0, 0.1) is 0 Å². The fraction of sp³-hybridized carbons (Fsp3) is 0.938. The van der Waals surface area contributed by atoms with Crippen molar-refractivity contribution in [2.24, 2.45) is 0 Å². The van der Waals surface area contributed by atoms with Crippen LogP contribution in [0.4, 0.5) is 0 Å². The zero-order valence-corrected chi connectivity index (χ0v) is 35.0. The number of aliphatic hydroxyl groups is 1. The van der Waals surface area contributed by atoms with Crippen LogP contribution in [0.2, 0.25) is 0 Å². The van der Waals surface area contributed by atoms with Crippen molar-refractivity contribution in [1.29, 1.82) is 0 Å². The number of hydrogen-bond donors (Lipinski definition) is 1. The Morgan fingerprint density at radius 2 is 0.647 bits per heavy atom. The van der Waals surface area contributed by atoms with Crippen LogP contribution in [-0.2, 0) is 9.53 Å². The molecule has 0 aromatic heterocycles. The highest BCUT2D eigenvalue weighted by Crippen LogP contribution is 2.17. The van der Waals surface area contributed by atoms with Crippen LogP contribution in [0.5, 0.6) is 0 Å². The molecule has 1 N–H and O–H groups in total. The first-order valence-electron chi connectivity index (χ1n) is 23.7. The molecule has 3 heteroatoms. The first-order chi connectivity index (χ1) is 25.3. The Hall–Kier alpha value is -0.830. The Morgan fingerprint density at radius 1 is 0.373 bits per heavy atom. The summed E-state index contributed by atoms with van der Waals surface area (Å²) >= 11 is 0. The molecule has 0 bridgehead atoms. The van der Waals surface area contributed by atoms with Crippen molar-refractivity contribution in [3.05, 3.63) is 12.2 Å². The van der Waals surface area contributed by atoms with Gasteiger partial charge in [-0.15, -0.1) is 0 Å². The Morgan fingerprint density at radius 3 is 0.980 bits per heavy atom. The molecule has 304 valence electrons. The molecule has 0 aliphatic carbocycles. The topological polar surface area (TPSA) is 46.5 Å². The van der Waals surface area contributed by atoms with Crippen LogP contribution in [-0.4, -0.2) is 24.3 Å². The van der Waals surface area contributed by atoms with E-state index in [1.807, 2.05) is 0 Å². The summed E-state index contributed by atoms with van der Waals surface area (Å²) in [5.74, 6) is 0.0234. The summed E-state index contributed by atoms with van der Waals surface area (Å²) < 4.78 is 5.48. The molecular formula is C48H94O3. The normalized spacial score (nSPS) is 11.6. The number of rotatable bonds is 45. The van der Waals surface area contributed by atoms with E-state index in [9.17, 15) is 4.79 Å². The number of ether oxygens (including phenoxy) is 1. The SMILES string of the molecule is CCCCCCCCC=CCCCCCCCCCCCC(=O)OCCCCCCCCCCCCCCCCCCCCCCCCCCO. The summed E-state index contributed by atoms with van der Waals surface area (Å²) in [6.45, 7) is 3.28. The van der Waals surface area contributed by atoms with E-state index < -0.39 is 0 Å². The Balaban J connectivity index is 3.16. The minimum absolute atomic E-state index is 0.0234. The van der Waals surface area contributed by atoms with Gasteiger partial charge in [0, 0.05) is 13.0 Å². The fourth-order valence-electron chi connectivity index (χ4n) is 7.41. The van der Waals surface area contributed by atoms with Crippen LogP contribution >= 0.6 is 0 Å². The third kappa shape index (κ3) is 47.1. The smallest absolute Gasteiger partial charge is 0.305 e. The van der Waals surface area contributed by atoms with Gasteiger partial charge in [-0.05, 0) is 44.9 Å². The van der Waals surface area contributed by atoms with Crippen LogP contribution in [0.1, 0.15) is 277 Å². The van der Waals surface area contributed by atoms with Crippen molar-refractivity contribution >= 4 is 5.97 Å². The van der Waals surface area contributed by atoms with E-state index in [-0.39, 0.29) is 5.97 Å². The van der Waals surface area contributed by atoms with Gasteiger partial charge in [-0.3, -0.25) is 4.79 Å². The second kappa shape index (κ2) is 47.2. The average Bonchev–Trinajstić information content (AvgIpc) is 3.14. The van der Waals surface area contributed by atoms with E-state index in [4.69, 9.17) is 9.84 Å². The lowest BCUT2D eigenvalue weighted by molar-refractivity contribution is -0.143. The third-order valence-electron chi connectivity index (χ3n) is 11.0. The molecule has 0 aromatic carbocycles. The molecule has 0 saturated carbocycles. The molecule has 0 saturated heterocycles. The van der Waals surface area contributed by atoms with Gasteiger partial charge in [0.1, 0.15) is 0 Å². The molecule has 0 amide bonds. The Labute approximate surface area is 321 Å². The lowest BCUT2D eigenvalue weighted by Gasteiger charge is -2.06. The molecular weight excluding hydrogens is 625 g/mol. The van der Waals surface area contributed by atoms with Gasteiger partial charge in [0.15, 0.2) is 0 Å². The molecule has 0 radical (unpaired) electrons. The zero-order valence-electron chi connectivity index (χ0n) is 35.0. The van der Waals surface area contributed by atoms with Crippen molar-refractivity contribution in [3.63, 3.8) is 0 Å². The van der Waals surface area contributed by atoms with Crippen molar-refractivity contribution in [1.82, 2.24) is 0 Å². The molecule has 0 rings (SSSR count). The van der Waals surface area contributed by atoms with E-state index in [1.54, 1.807) is 0 Å². The van der Waals surface area contributed by atoms with Crippen molar-refractivity contribution < 1.29 is 14.6 Å². The van der Waals surface area contributed by atoms with E-state index in [1.165, 1.54) is 244 Å². The maximum atomic E-state index is 12.0. The lowest BCUT2D eigenvalue weighted by Crippen LogP contribution is -2.05. The number of allylic oxidation sites excluding steroid dienone is 2. The van der Waals surface area contributed by atoms with Gasteiger partial charge in [0.05, 0.1) is 6.61 Å². The number of aliphatic hydroxyl groups excluding tert-OH is 1. The minimum Gasteiger partial charge on any atom is -0.466 e. The van der Waals surface area contributed by atoms with Gasteiger partial charge >= 0.3 is 5.97 Å². The van der Waals surface area contributed by atoms with Crippen molar-refractivity contribution in [2.75, 3.05) is 13.2 Å². The minimum atomic E-state index is 0.0234. The van der Waals surface area contributed by atoms with Gasteiger partial charge in [0.25, 0.3) is 0 Å². The first-order valence-corrected chi connectivity index (χ1v) is 23.7. The average molecular weight is 719 g/mol. The van der Waals surface area contributed by atoms with Crippen LogP contribution in [0.25, 0.3) is 0 Å². The van der Waals surface area contributed by atoms with E-state index >= 15 is 0 Å². The molecule has 0 spiro atoms. The summed E-state index contributed by atoms with van der Waals surface area (Å²) in [7, 11) is 0. The third-order valence-corrected chi connectivity index (χ3v) is 11.0. The standard InChI is InChI=1S/C48H94O3/c1-2-3-4-5-6-7-8-9-10-11-18-21-24-27-30-33-36-39-42-45-48(50)51-47-44-41-38-35-32-29-26-23-20-17-15-13-12-14-16-19-22-25-28-31-34-37-40-43-46-49/h9-10,49H,2-8,11-47H2,1H3. The van der Waals surface area contributed by atoms with Crippen LogP contribution in [0.15, 0.2) is 12.2 Å². The molecule has 0 aliphatic rings. The maximum Gasteiger partial charge on any atom is 0.305 e. The summed E-state index contributed by atoms with van der Waals surface area (Å²) in [6.07, 6.45) is 60.5. The van der Waals surface area contributed by atoms with Gasteiger partial charge in [0.2, 0.25) is 0 Å². The number of carbonyl (C=O) groups is 1. The summed E-state index contributed by atoms with van der Waals surface area (Å²) in [5.41, 5.74) is 0. The van der Waals surface area contributed by atoms with E-state index in [0.717, 1.165) is 19.3 Å². The Kier molecular flexibility index (Phi) is 46.4. The monoisotopic (exact) mass is 719 g/mol. The molecule has 0 fully saturated rings. The number of carbonyl (C=O) groups excluding carboxylic acids is 1. The number of hydrogen-bond acceptors (Lipinski definition) is 3. The molecule has 3 nitrogen and oxygen atoms in total. The second-order valence-electron chi connectivity index (χ2n) is 16.2. The highest BCUT2D eigenvalue weighted by Gasteiger charge is 2.03. The number of unbranched alkanes of at least 4 members (excludes halogenated alkanes) is 38. The highest BCUT2D eigenvalue weighted by molar-refractivity contribution is 5.69.